The average Bonchev–Trinajstić information content (AvgIpc) is 2.90. The molecular weight excluding hydrogens is 324 g/mol. The predicted octanol–water partition coefficient (Wildman–Crippen LogP) is 4.44. The smallest absolute Gasteiger partial charge is 0.348 e. The number of nitriles is 1. The Bertz CT molecular complexity index is 780. The number of carboxylic acids is 1. The highest BCUT2D eigenvalue weighted by Gasteiger charge is 2.19. The lowest BCUT2D eigenvalue weighted by atomic mass is 10.1. The van der Waals surface area contributed by atoms with Crippen LogP contribution in [0.5, 0.6) is 5.75 Å². The maximum atomic E-state index is 14.2. The van der Waals surface area contributed by atoms with Crippen molar-refractivity contribution in [1.82, 2.24) is 0 Å². The van der Waals surface area contributed by atoms with Gasteiger partial charge >= 0.3 is 5.97 Å². The lowest BCUT2D eigenvalue weighted by molar-refractivity contribution is 0.0697. The van der Waals surface area contributed by atoms with Crippen molar-refractivity contribution in [2.45, 2.75) is 19.8 Å². The van der Waals surface area contributed by atoms with Crippen molar-refractivity contribution in [1.29, 1.82) is 5.26 Å². The number of nitrogens with zero attached hydrogens (tertiary/aromatic N) is 1. The molecule has 0 aliphatic heterocycles. The second-order valence-electron chi connectivity index (χ2n) is 4.74. The summed E-state index contributed by atoms with van der Waals surface area (Å²) in [7, 11) is 0. The fourth-order valence-corrected chi connectivity index (χ4v) is 2.80. The van der Waals surface area contributed by atoms with Gasteiger partial charge < -0.3 is 9.84 Å². The van der Waals surface area contributed by atoms with E-state index in [1.165, 1.54) is 6.07 Å². The van der Waals surface area contributed by atoms with Crippen LogP contribution in [0.4, 0.5) is 8.78 Å². The summed E-state index contributed by atoms with van der Waals surface area (Å²) in [6.45, 7) is 2.25. The van der Waals surface area contributed by atoms with Crippen molar-refractivity contribution >= 4 is 17.3 Å². The molecule has 7 heteroatoms. The number of aromatic carboxylic acids is 1. The highest BCUT2D eigenvalue weighted by atomic mass is 32.1. The molecule has 23 heavy (non-hydrogen) atoms. The summed E-state index contributed by atoms with van der Waals surface area (Å²) in [5, 5.41) is 18.0. The van der Waals surface area contributed by atoms with Gasteiger partial charge in [-0.15, -0.1) is 11.3 Å². The van der Waals surface area contributed by atoms with Gasteiger partial charge in [0.15, 0.2) is 11.6 Å². The van der Waals surface area contributed by atoms with E-state index in [0.717, 1.165) is 25.0 Å². The monoisotopic (exact) mass is 337 g/mol. The quantitative estimate of drug-likeness (QED) is 0.791. The largest absolute Gasteiger partial charge is 0.489 e. The van der Waals surface area contributed by atoms with E-state index in [1.807, 2.05) is 13.0 Å². The van der Waals surface area contributed by atoms with Gasteiger partial charge in [0.1, 0.15) is 16.8 Å². The number of hydrogen-bond donors (Lipinski definition) is 1. The molecule has 1 aromatic carbocycles. The van der Waals surface area contributed by atoms with E-state index >= 15 is 0 Å². The van der Waals surface area contributed by atoms with Gasteiger partial charge in [-0.05, 0) is 30.2 Å². The van der Waals surface area contributed by atoms with E-state index in [4.69, 9.17) is 15.1 Å². The molecule has 0 fully saturated rings. The second-order valence-corrected chi connectivity index (χ2v) is 5.79. The van der Waals surface area contributed by atoms with Crippen molar-refractivity contribution in [2.75, 3.05) is 6.61 Å². The molecular formula is C16H13F2NO3S. The van der Waals surface area contributed by atoms with Crippen LogP contribution in [-0.2, 0) is 0 Å². The lowest BCUT2D eigenvalue weighted by Gasteiger charge is -2.10. The first kappa shape index (κ1) is 16.9. The Hall–Kier alpha value is -2.46. The number of thiophene rings is 1. The minimum Gasteiger partial charge on any atom is -0.489 e. The molecule has 0 bridgehead atoms. The molecule has 0 unspecified atom stereocenters. The highest BCUT2D eigenvalue weighted by molar-refractivity contribution is 7.17. The van der Waals surface area contributed by atoms with Crippen molar-refractivity contribution < 1.29 is 23.4 Å². The number of carboxylic acid groups (broad SMARTS) is 1. The van der Waals surface area contributed by atoms with Crippen molar-refractivity contribution in [3.05, 3.63) is 40.3 Å². The number of unbranched alkanes of at least 4 members (excludes halogenated alkanes) is 1. The summed E-state index contributed by atoms with van der Waals surface area (Å²) >= 11 is 0.685. The van der Waals surface area contributed by atoms with Gasteiger partial charge in [-0.1, -0.05) is 13.3 Å². The Morgan fingerprint density at radius 3 is 2.65 bits per heavy atom. The summed E-state index contributed by atoms with van der Waals surface area (Å²) in [6.07, 6.45) is 1.60. The van der Waals surface area contributed by atoms with Gasteiger partial charge in [-0.3, -0.25) is 0 Å². The highest BCUT2D eigenvalue weighted by Crippen LogP contribution is 2.35. The number of hydrogen-bond acceptors (Lipinski definition) is 4. The topological polar surface area (TPSA) is 70.3 Å². The fraction of sp³-hybridized carbons (Fsp3) is 0.250. The van der Waals surface area contributed by atoms with E-state index < -0.39 is 22.5 Å². The minimum atomic E-state index is -1.39. The van der Waals surface area contributed by atoms with E-state index in [0.29, 0.717) is 11.3 Å². The Kier molecular flexibility index (Phi) is 5.29. The number of halogens is 2. The van der Waals surface area contributed by atoms with Crippen LogP contribution in [0.1, 0.15) is 35.0 Å². The standard InChI is InChI=1S/C16H13F2NO3S/c1-2-3-4-22-14-10(8-19)5-9(6-11(14)17)13-7-12(18)15(23-13)16(20)21/h5-7H,2-4H2,1H3,(H,20,21). The number of carbonyl (C=O) groups is 1. The molecule has 1 N–H and O–H groups in total. The molecule has 0 saturated heterocycles. The summed E-state index contributed by atoms with van der Waals surface area (Å²) < 4.78 is 33.1. The number of benzene rings is 1. The third-order valence-electron chi connectivity index (χ3n) is 3.07. The molecule has 1 heterocycles. The zero-order valence-corrected chi connectivity index (χ0v) is 13.0. The molecule has 0 aliphatic carbocycles. The summed E-state index contributed by atoms with van der Waals surface area (Å²) in [5.41, 5.74) is 0.222. The summed E-state index contributed by atoms with van der Waals surface area (Å²) in [6, 6.07) is 5.34. The van der Waals surface area contributed by atoms with Crippen LogP contribution < -0.4 is 4.74 Å². The van der Waals surface area contributed by atoms with Crippen LogP contribution in [0, 0.1) is 23.0 Å². The molecule has 0 amide bonds. The summed E-state index contributed by atoms with van der Waals surface area (Å²) in [4.78, 5) is 10.7. The Morgan fingerprint density at radius 2 is 2.09 bits per heavy atom. The predicted molar refractivity (Wildman–Crippen MR) is 81.7 cm³/mol. The maximum absolute atomic E-state index is 14.2. The first-order chi connectivity index (χ1) is 11.0. The van der Waals surface area contributed by atoms with Crippen molar-refractivity contribution in [2.24, 2.45) is 0 Å². The normalized spacial score (nSPS) is 10.3. The molecule has 4 nitrogen and oxygen atoms in total. The molecule has 0 aliphatic rings. The van der Waals surface area contributed by atoms with Crippen LogP contribution in [0.2, 0.25) is 0 Å². The van der Waals surface area contributed by atoms with Gasteiger partial charge in [0.25, 0.3) is 0 Å². The summed E-state index contributed by atoms with van der Waals surface area (Å²) in [5.74, 6) is -3.15. The van der Waals surface area contributed by atoms with E-state index in [9.17, 15) is 13.6 Å². The average molecular weight is 337 g/mol. The van der Waals surface area contributed by atoms with Crippen molar-refractivity contribution in [3.63, 3.8) is 0 Å². The van der Waals surface area contributed by atoms with Gasteiger partial charge in [0.05, 0.1) is 12.2 Å². The van der Waals surface area contributed by atoms with Gasteiger partial charge in [-0.2, -0.15) is 5.26 Å². The zero-order chi connectivity index (χ0) is 17.0. The molecule has 0 radical (unpaired) electrons. The SMILES string of the molecule is CCCCOc1c(F)cc(-c2cc(F)c(C(=O)O)s2)cc1C#N. The van der Waals surface area contributed by atoms with Crippen LogP contribution in [-0.4, -0.2) is 17.7 Å². The minimum absolute atomic E-state index is 0.0122. The maximum Gasteiger partial charge on any atom is 0.348 e. The van der Waals surface area contributed by atoms with E-state index in [1.54, 1.807) is 0 Å². The van der Waals surface area contributed by atoms with Crippen LogP contribution in [0.25, 0.3) is 10.4 Å². The first-order valence-electron chi connectivity index (χ1n) is 6.87. The third-order valence-corrected chi connectivity index (χ3v) is 4.22. The van der Waals surface area contributed by atoms with Crippen LogP contribution in [0.15, 0.2) is 18.2 Å². The fourth-order valence-electron chi connectivity index (χ4n) is 1.94. The van der Waals surface area contributed by atoms with Gasteiger partial charge in [0.2, 0.25) is 0 Å². The van der Waals surface area contributed by atoms with E-state index in [-0.39, 0.29) is 28.4 Å². The number of ether oxygens (including phenoxy) is 1. The van der Waals surface area contributed by atoms with Crippen LogP contribution in [0.3, 0.4) is 0 Å². The Balaban J connectivity index is 2.42. The van der Waals surface area contributed by atoms with Gasteiger partial charge in [0, 0.05) is 4.88 Å². The molecule has 0 spiro atoms. The molecule has 2 aromatic rings. The van der Waals surface area contributed by atoms with Crippen molar-refractivity contribution in [3.8, 4) is 22.3 Å². The third kappa shape index (κ3) is 3.66. The Morgan fingerprint density at radius 1 is 1.35 bits per heavy atom. The molecule has 1 aromatic heterocycles. The zero-order valence-electron chi connectivity index (χ0n) is 12.2. The number of rotatable bonds is 6. The molecule has 2 rings (SSSR count). The molecule has 120 valence electrons. The Labute approximate surface area is 135 Å². The lowest BCUT2D eigenvalue weighted by Crippen LogP contribution is -2.01. The van der Waals surface area contributed by atoms with E-state index in [2.05, 4.69) is 0 Å². The second kappa shape index (κ2) is 7.20. The van der Waals surface area contributed by atoms with Gasteiger partial charge in [-0.25, -0.2) is 13.6 Å². The van der Waals surface area contributed by atoms with Crippen LogP contribution >= 0.6 is 11.3 Å². The molecule has 0 saturated carbocycles. The first-order valence-corrected chi connectivity index (χ1v) is 7.69. The molecule has 0 atom stereocenters.